The number of nitrogens with one attached hydrogen (secondary N) is 1. The van der Waals surface area contributed by atoms with Gasteiger partial charge in [-0.2, -0.15) is 0 Å². The summed E-state index contributed by atoms with van der Waals surface area (Å²) >= 11 is 0. The molecule has 122 valence electrons. The standard InChI is InChI=1S/C20H20N2O2/c1-11(2)14-9-13-5-4-6-15-12(3)22(17(10-14)19(13)15)16-7-8-18(23)21-20(16)24/h4-6,9-11,16H,3,7-8H2,1-2H3,(H,21,23,24). The maximum Gasteiger partial charge on any atom is 0.249 e. The highest BCUT2D eigenvalue weighted by Crippen LogP contribution is 2.32. The van der Waals surface area contributed by atoms with Crippen LogP contribution in [0.5, 0.6) is 0 Å². The van der Waals surface area contributed by atoms with E-state index in [0.717, 1.165) is 21.6 Å². The Bertz CT molecular complexity index is 1030. The normalized spacial score (nSPS) is 18.7. The largest absolute Gasteiger partial charge is 0.328 e. The van der Waals surface area contributed by atoms with Crippen molar-refractivity contribution in [2.75, 3.05) is 0 Å². The van der Waals surface area contributed by atoms with Crippen LogP contribution in [0.3, 0.4) is 0 Å². The van der Waals surface area contributed by atoms with E-state index in [1.807, 2.05) is 10.6 Å². The molecule has 1 atom stereocenters. The quantitative estimate of drug-likeness (QED) is 0.738. The van der Waals surface area contributed by atoms with Gasteiger partial charge in [-0.05, 0) is 29.4 Å². The van der Waals surface area contributed by atoms with E-state index in [9.17, 15) is 9.59 Å². The molecule has 1 aromatic heterocycles. The van der Waals surface area contributed by atoms with Gasteiger partial charge in [-0.1, -0.05) is 44.7 Å². The smallest absolute Gasteiger partial charge is 0.249 e. The molecule has 2 amide bonds. The number of carbonyl (C=O) groups excluding carboxylic acids is 2. The monoisotopic (exact) mass is 320 g/mol. The van der Waals surface area contributed by atoms with Gasteiger partial charge in [0.1, 0.15) is 6.04 Å². The summed E-state index contributed by atoms with van der Waals surface area (Å²) in [5.41, 5.74) is 2.27. The summed E-state index contributed by atoms with van der Waals surface area (Å²) in [5.74, 6) is -0.0326. The molecule has 1 aliphatic heterocycles. The van der Waals surface area contributed by atoms with Gasteiger partial charge in [0, 0.05) is 22.5 Å². The molecule has 0 radical (unpaired) electrons. The molecule has 4 heteroatoms. The van der Waals surface area contributed by atoms with Gasteiger partial charge in [0.25, 0.3) is 0 Å². The van der Waals surface area contributed by atoms with Gasteiger partial charge in [0.2, 0.25) is 11.8 Å². The lowest BCUT2D eigenvalue weighted by Gasteiger charge is -2.24. The number of piperidine rings is 1. The molecule has 0 saturated carbocycles. The third kappa shape index (κ3) is 2.06. The Morgan fingerprint density at radius 1 is 1.25 bits per heavy atom. The second-order valence-corrected chi connectivity index (χ2v) is 6.88. The Labute approximate surface area is 140 Å². The van der Waals surface area contributed by atoms with Gasteiger partial charge in [-0.3, -0.25) is 14.9 Å². The van der Waals surface area contributed by atoms with E-state index in [1.54, 1.807) is 0 Å². The molecule has 1 saturated heterocycles. The fourth-order valence-corrected chi connectivity index (χ4v) is 3.75. The molecule has 4 rings (SSSR count). The first-order valence-corrected chi connectivity index (χ1v) is 8.36. The maximum absolute atomic E-state index is 12.4. The summed E-state index contributed by atoms with van der Waals surface area (Å²) in [6, 6.07) is 10.2. The Morgan fingerprint density at radius 3 is 2.75 bits per heavy atom. The van der Waals surface area contributed by atoms with E-state index in [-0.39, 0.29) is 17.9 Å². The highest BCUT2D eigenvalue weighted by molar-refractivity contribution is 6.11. The molecule has 0 aliphatic carbocycles. The zero-order chi connectivity index (χ0) is 17.0. The third-order valence-electron chi connectivity index (χ3n) is 5.03. The topological polar surface area (TPSA) is 51.1 Å². The Balaban J connectivity index is 2.05. The zero-order valence-electron chi connectivity index (χ0n) is 13.9. The van der Waals surface area contributed by atoms with Crippen molar-refractivity contribution >= 4 is 40.1 Å². The van der Waals surface area contributed by atoms with Crippen LogP contribution in [0.2, 0.25) is 0 Å². The first-order chi connectivity index (χ1) is 11.5. The first-order valence-electron chi connectivity index (χ1n) is 8.36. The highest BCUT2D eigenvalue weighted by Gasteiger charge is 2.30. The predicted octanol–water partition coefficient (Wildman–Crippen LogP) is 3.02. The second kappa shape index (κ2) is 5.20. The maximum atomic E-state index is 12.4. The van der Waals surface area contributed by atoms with Gasteiger partial charge in [-0.15, -0.1) is 0 Å². The number of nitrogens with zero attached hydrogens (tertiary/aromatic N) is 1. The number of rotatable bonds is 2. The number of imide groups is 1. The third-order valence-corrected chi connectivity index (χ3v) is 5.03. The van der Waals surface area contributed by atoms with Gasteiger partial charge in [0.05, 0.1) is 5.52 Å². The zero-order valence-corrected chi connectivity index (χ0v) is 13.9. The van der Waals surface area contributed by atoms with Crippen LogP contribution in [0.4, 0.5) is 0 Å². The van der Waals surface area contributed by atoms with Gasteiger partial charge in [-0.25, -0.2) is 0 Å². The molecule has 1 N–H and O–H groups in total. The molecule has 3 aromatic rings. The summed E-state index contributed by atoms with van der Waals surface area (Å²) in [5, 5.41) is 6.69. The molecular weight excluding hydrogens is 300 g/mol. The van der Waals surface area contributed by atoms with Crippen LogP contribution < -0.4 is 10.7 Å². The SMILES string of the molecule is C=c1c2cccc3cc(C(C)C)cc(c32)n1C1CCC(=O)NC1=O. The minimum Gasteiger partial charge on any atom is -0.328 e. The van der Waals surface area contributed by atoms with Gasteiger partial charge in [0.15, 0.2) is 0 Å². The highest BCUT2D eigenvalue weighted by atomic mass is 16.2. The van der Waals surface area contributed by atoms with Crippen LogP contribution in [0.1, 0.15) is 44.2 Å². The van der Waals surface area contributed by atoms with Crippen LogP contribution in [0, 0.1) is 0 Å². The minimum atomic E-state index is -0.381. The van der Waals surface area contributed by atoms with E-state index in [2.05, 4.69) is 50.0 Å². The number of benzene rings is 2. The summed E-state index contributed by atoms with van der Waals surface area (Å²) in [6.45, 7) is 8.57. The number of hydrogen-bond donors (Lipinski definition) is 1. The number of amides is 2. The molecule has 24 heavy (non-hydrogen) atoms. The lowest BCUT2D eigenvalue weighted by Crippen LogP contribution is -2.43. The molecule has 1 unspecified atom stereocenters. The summed E-state index contributed by atoms with van der Waals surface area (Å²) in [7, 11) is 0. The Morgan fingerprint density at radius 2 is 2.04 bits per heavy atom. The van der Waals surface area contributed by atoms with Crippen LogP contribution in [0.25, 0.3) is 28.3 Å². The van der Waals surface area contributed by atoms with E-state index in [4.69, 9.17) is 0 Å². The van der Waals surface area contributed by atoms with Crippen molar-refractivity contribution in [3.05, 3.63) is 41.2 Å². The predicted molar refractivity (Wildman–Crippen MR) is 95.7 cm³/mol. The lowest BCUT2D eigenvalue weighted by atomic mass is 9.97. The van der Waals surface area contributed by atoms with E-state index < -0.39 is 0 Å². The fraction of sp³-hybridized carbons (Fsp3) is 0.300. The van der Waals surface area contributed by atoms with Crippen LogP contribution in [0.15, 0.2) is 30.3 Å². The molecule has 2 aromatic carbocycles. The average molecular weight is 320 g/mol. The lowest BCUT2D eigenvalue weighted by molar-refractivity contribution is -0.135. The van der Waals surface area contributed by atoms with E-state index in [0.29, 0.717) is 18.8 Å². The molecule has 0 spiro atoms. The van der Waals surface area contributed by atoms with Crippen molar-refractivity contribution in [1.82, 2.24) is 9.88 Å². The van der Waals surface area contributed by atoms with Gasteiger partial charge >= 0.3 is 0 Å². The first kappa shape index (κ1) is 14.9. The Kier molecular flexibility index (Phi) is 3.23. The Hall–Kier alpha value is -2.62. The van der Waals surface area contributed by atoms with Crippen LogP contribution in [-0.2, 0) is 9.59 Å². The molecule has 2 heterocycles. The average Bonchev–Trinajstić information content (AvgIpc) is 2.82. The molecule has 4 nitrogen and oxygen atoms in total. The number of carbonyl (C=O) groups is 2. The summed E-state index contributed by atoms with van der Waals surface area (Å²) in [4.78, 5) is 23.9. The molecule has 0 bridgehead atoms. The molecule has 1 aliphatic rings. The van der Waals surface area contributed by atoms with Crippen molar-refractivity contribution in [3.63, 3.8) is 0 Å². The van der Waals surface area contributed by atoms with Crippen LogP contribution in [-0.4, -0.2) is 16.4 Å². The number of aromatic nitrogens is 1. The number of hydrogen-bond acceptors (Lipinski definition) is 2. The van der Waals surface area contributed by atoms with Crippen molar-refractivity contribution in [2.45, 2.75) is 38.6 Å². The van der Waals surface area contributed by atoms with Crippen molar-refractivity contribution in [1.29, 1.82) is 0 Å². The van der Waals surface area contributed by atoms with Crippen LogP contribution >= 0.6 is 0 Å². The molecule has 1 fully saturated rings. The molecular formula is C20H20N2O2. The summed E-state index contributed by atoms with van der Waals surface area (Å²) < 4.78 is 2.02. The fourth-order valence-electron chi connectivity index (χ4n) is 3.75. The van der Waals surface area contributed by atoms with Crippen molar-refractivity contribution in [3.8, 4) is 0 Å². The van der Waals surface area contributed by atoms with Crippen molar-refractivity contribution < 1.29 is 9.59 Å². The van der Waals surface area contributed by atoms with Gasteiger partial charge < -0.3 is 4.57 Å². The summed E-state index contributed by atoms with van der Waals surface area (Å²) in [6.07, 6.45) is 0.884. The van der Waals surface area contributed by atoms with Crippen molar-refractivity contribution in [2.24, 2.45) is 0 Å². The van der Waals surface area contributed by atoms with E-state index >= 15 is 0 Å². The van der Waals surface area contributed by atoms with E-state index in [1.165, 1.54) is 10.9 Å². The minimum absolute atomic E-state index is 0.195. The second-order valence-electron chi connectivity index (χ2n) is 6.88.